The molecule has 0 bridgehead atoms. The summed E-state index contributed by atoms with van der Waals surface area (Å²) in [6, 6.07) is 8.82. The topological polar surface area (TPSA) is 105 Å². The number of hydrogen-bond donors (Lipinski definition) is 2. The predicted molar refractivity (Wildman–Crippen MR) is 81.9 cm³/mol. The van der Waals surface area contributed by atoms with E-state index in [2.05, 4.69) is 5.32 Å². The molecule has 0 fully saturated rings. The molecule has 1 rings (SSSR count). The van der Waals surface area contributed by atoms with Crippen LogP contribution in [-0.2, 0) is 16.0 Å². The predicted octanol–water partition coefficient (Wildman–Crippen LogP) is 1.29. The molecule has 3 N–H and O–H groups in total. The molecule has 0 aromatic heterocycles. The standard InChI is InChI=1S/C16H21N3O3/c1-3-16(4-2,15(18)21)19-14(20)11-12-6-5-7-13(10-12)22-9-8-17/h5-7,10H,3-4,9,11H2,1-2H3,(H2,18,21)(H,19,20). The number of benzene rings is 1. The molecule has 6 heteroatoms. The number of nitrogens with two attached hydrogens (primary N) is 1. The lowest BCUT2D eigenvalue weighted by Crippen LogP contribution is -2.57. The number of carbonyl (C=O) groups is 2. The molecule has 0 saturated carbocycles. The minimum Gasteiger partial charge on any atom is -0.479 e. The van der Waals surface area contributed by atoms with Crippen molar-refractivity contribution in [3.8, 4) is 11.8 Å². The van der Waals surface area contributed by atoms with Gasteiger partial charge >= 0.3 is 0 Å². The van der Waals surface area contributed by atoms with E-state index in [9.17, 15) is 9.59 Å². The number of amides is 2. The Kier molecular flexibility index (Phi) is 6.39. The van der Waals surface area contributed by atoms with Crippen LogP contribution in [0.1, 0.15) is 32.3 Å². The van der Waals surface area contributed by atoms with Gasteiger partial charge in [-0.3, -0.25) is 9.59 Å². The number of nitrogens with one attached hydrogen (secondary N) is 1. The smallest absolute Gasteiger partial charge is 0.243 e. The molecule has 0 aliphatic carbocycles. The van der Waals surface area contributed by atoms with Gasteiger partial charge in [0.25, 0.3) is 0 Å². The average molecular weight is 303 g/mol. The van der Waals surface area contributed by atoms with Crippen LogP contribution >= 0.6 is 0 Å². The molecule has 0 unspecified atom stereocenters. The van der Waals surface area contributed by atoms with Gasteiger partial charge in [0.15, 0.2) is 6.61 Å². The van der Waals surface area contributed by atoms with Crippen molar-refractivity contribution in [3.05, 3.63) is 29.8 Å². The zero-order valence-corrected chi connectivity index (χ0v) is 12.9. The van der Waals surface area contributed by atoms with Gasteiger partial charge in [0.05, 0.1) is 6.42 Å². The van der Waals surface area contributed by atoms with E-state index >= 15 is 0 Å². The second-order valence-electron chi connectivity index (χ2n) is 4.97. The van der Waals surface area contributed by atoms with Crippen molar-refractivity contribution in [2.45, 2.75) is 38.6 Å². The second kappa shape index (κ2) is 8.03. The van der Waals surface area contributed by atoms with Crippen molar-refractivity contribution in [1.29, 1.82) is 5.26 Å². The van der Waals surface area contributed by atoms with Gasteiger partial charge in [-0.15, -0.1) is 0 Å². The number of hydrogen-bond acceptors (Lipinski definition) is 4. The van der Waals surface area contributed by atoms with Crippen LogP contribution in [-0.4, -0.2) is 24.0 Å². The first kappa shape index (κ1) is 17.5. The maximum atomic E-state index is 12.2. The van der Waals surface area contributed by atoms with Gasteiger partial charge in [-0.2, -0.15) is 5.26 Å². The van der Waals surface area contributed by atoms with Gasteiger partial charge in [-0.1, -0.05) is 26.0 Å². The third-order valence-electron chi connectivity index (χ3n) is 3.62. The molecule has 118 valence electrons. The van der Waals surface area contributed by atoms with Crippen molar-refractivity contribution in [2.24, 2.45) is 5.73 Å². The Hall–Kier alpha value is -2.55. The van der Waals surface area contributed by atoms with Crippen molar-refractivity contribution < 1.29 is 14.3 Å². The molecule has 22 heavy (non-hydrogen) atoms. The molecule has 6 nitrogen and oxygen atoms in total. The summed E-state index contributed by atoms with van der Waals surface area (Å²) in [5.74, 6) is -0.282. The summed E-state index contributed by atoms with van der Waals surface area (Å²) in [4.78, 5) is 23.8. The highest BCUT2D eigenvalue weighted by atomic mass is 16.5. The fourth-order valence-corrected chi connectivity index (χ4v) is 2.19. The van der Waals surface area contributed by atoms with Crippen LogP contribution in [0.3, 0.4) is 0 Å². The number of nitriles is 1. The molecule has 1 aromatic carbocycles. The summed E-state index contributed by atoms with van der Waals surface area (Å²) in [5.41, 5.74) is 5.14. The highest BCUT2D eigenvalue weighted by Gasteiger charge is 2.34. The van der Waals surface area contributed by atoms with Crippen LogP contribution in [0.2, 0.25) is 0 Å². The largest absolute Gasteiger partial charge is 0.479 e. The van der Waals surface area contributed by atoms with E-state index in [1.165, 1.54) is 0 Å². The van der Waals surface area contributed by atoms with Crippen molar-refractivity contribution in [1.82, 2.24) is 5.32 Å². The molecule has 0 heterocycles. The Labute approximate surface area is 130 Å². The van der Waals surface area contributed by atoms with Crippen molar-refractivity contribution in [2.75, 3.05) is 6.61 Å². The molecule has 0 atom stereocenters. The van der Waals surface area contributed by atoms with Crippen LogP contribution in [0.15, 0.2) is 24.3 Å². The van der Waals surface area contributed by atoms with Gasteiger partial charge < -0.3 is 15.8 Å². The number of rotatable bonds is 8. The summed E-state index contributed by atoms with van der Waals surface area (Å²) in [6.45, 7) is 3.57. The number of carbonyl (C=O) groups excluding carboxylic acids is 2. The summed E-state index contributed by atoms with van der Waals surface area (Å²) in [7, 11) is 0. The minimum absolute atomic E-state index is 0.0495. The molecule has 2 amide bonds. The van der Waals surface area contributed by atoms with E-state index in [0.29, 0.717) is 18.6 Å². The summed E-state index contributed by atoms with van der Waals surface area (Å²) in [6.07, 6.45) is 0.991. The Balaban J connectivity index is 2.76. The van der Waals surface area contributed by atoms with Gasteiger partial charge in [0.2, 0.25) is 11.8 Å². The Bertz CT molecular complexity index is 574. The van der Waals surface area contributed by atoms with Crippen LogP contribution in [0, 0.1) is 11.3 Å². The van der Waals surface area contributed by atoms with E-state index in [1.807, 2.05) is 19.9 Å². The summed E-state index contributed by atoms with van der Waals surface area (Å²) in [5, 5.41) is 11.2. The maximum absolute atomic E-state index is 12.2. The number of nitrogens with zero attached hydrogens (tertiary/aromatic N) is 1. The minimum atomic E-state index is -1.01. The molecular formula is C16H21N3O3. The lowest BCUT2D eigenvalue weighted by molar-refractivity contribution is -0.131. The normalized spacial score (nSPS) is 10.6. The van der Waals surface area contributed by atoms with Crippen LogP contribution < -0.4 is 15.8 Å². The first-order valence-electron chi connectivity index (χ1n) is 7.17. The van der Waals surface area contributed by atoms with Gasteiger partial charge in [0, 0.05) is 0 Å². The fourth-order valence-electron chi connectivity index (χ4n) is 2.19. The third kappa shape index (κ3) is 4.48. The van der Waals surface area contributed by atoms with Gasteiger partial charge in [0.1, 0.15) is 17.4 Å². The highest BCUT2D eigenvalue weighted by molar-refractivity contribution is 5.91. The first-order valence-corrected chi connectivity index (χ1v) is 7.17. The van der Waals surface area contributed by atoms with Crippen LogP contribution in [0.4, 0.5) is 0 Å². The maximum Gasteiger partial charge on any atom is 0.243 e. The average Bonchev–Trinajstić information content (AvgIpc) is 2.50. The van der Waals surface area contributed by atoms with E-state index in [-0.39, 0.29) is 18.9 Å². The van der Waals surface area contributed by atoms with Crippen molar-refractivity contribution >= 4 is 11.8 Å². The zero-order chi connectivity index (χ0) is 16.6. The summed E-state index contributed by atoms with van der Waals surface area (Å²) < 4.78 is 5.19. The lowest BCUT2D eigenvalue weighted by Gasteiger charge is -2.29. The zero-order valence-electron chi connectivity index (χ0n) is 12.9. The molecular weight excluding hydrogens is 282 g/mol. The molecule has 0 aliphatic rings. The van der Waals surface area contributed by atoms with Gasteiger partial charge in [-0.05, 0) is 30.5 Å². The van der Waals surface area contributed by atoms with E-state index in [0.717, 1.165) is 5.56 Å². The Morgan fingerprint density at radius 2 is 2.05 bits per heavy atom. The monoisotopic (exact) mass is 303 g/mol. The first-order chi connectivity index (χ1) is 10.5. The molecule has 0 spiro atoms. The SMILES string of the molecule is CCC(CC)(NC(=O)Cc1cccc(OCC#N)c1)C(N)=O. The van der Waals surface area contributed by atoms with Crippen molar-refractivity contribution in [3.63, 3.8) is 0 Å². The Morgan fingerprint density at radius 1 is 1.36 bits per heavy atom. The molecule has 0 saturated heterocycles. The quantitative estimate of drug-likeness (QED) is 0.754. The molecule has 1 aromatic rings. The van der Waals surface area contributed by atoms with E-state index < -0.39 is 11.4 Å². The number of ether oxygens (including phenoxy) is 1. The molecule has 0 radical (unpaired) electrons. The molecule has 0 aliphatic heterocycles. The van der Waals surface area contributed by atoms with E-state index in [4.69, 9.17) is 15.7 Å². The third-order valence-corrected chi connectivity index (χ3v) is 3.62. The summed E-state index contributed by atoms with van der Waals surface area (Å²) >= 11 is 0. The fraction of sp³-hybridized carbons (Fsp3) is 0.438. The van der Waals surface area contributed by atoms with Crippen LogP contribution in [0.25, 0.3) is 0 Å². The second-order valence-corrected chi connectivity index (χ2v) is 4.97. The highest BCUT2D eigenvalue weighted by Crippen LogP contribution is 2.17. The van der Waals surface area contributed by atoms with Crippen LogP contribution in [0.5, 0.6) is 5.75 Å². The van der Waals surface area contributed by atoms with E-state index in [1.54, 1.807) is 24.3 Å². The Morgan fingerprint density at radius 3 is 2.59 bits per heavy atom. The number of primary amides is 1. The van der Waals surface area contributed by atoms with Gasteiger partial charge in [-0.25, -0.2) is 0 Å². The lowest BCUT2D eigenvalue weighted by atomic mass is 9.91.